The summed E-state index contributed by atoms with van der Waals surface area (Å²) in [7, 11) is 0. The first kappa shape index (κ1) is 20.8. The monoisotopic (exact) mass is 398 g/mol. The van der Waals surface area contributed by atoms with Gasteiger partial charge in [0.2, 0.25) is 5.91 Å². The van der Waals surface area contributed by atoms with Gasteiger partial charge in [-0.3, -0.25) is 9.59 Å². The molecule has 146 valence electrons. The molecule has 27 heavy (non-hydrogen) atoms. The van der Waals surface area contributed by atoms with Crippen LogP contribution in [-0.2, 0) is 16.1 Å². The van der Waals surface area contributed by atoms with Gasteiger partial charge in [0, 0.05) is 19.1 Å². The zero-order valence-corrected chi connectivity index (χ0v) is 15.7. The van der Waals surface area contributed by atoms with Crippen LogP contribution in [0.5, 0.6) is 0 Å². The molecule has 1 N–H and O–H groups in total. The smallest absolute Gasteiger partial charge is 0.305 e. The molecule has 0 saturated carbocycles. The van der Waals surface area contributed by atoms with Crippen LogP contribution in [0.3, 0.4) is 0 Å². The number of benzene rings is 1. The number of amides is 1. The third-order valence-corrected chi connectivity index (χ3v) is 4.67. The van der Waals surface area contributed by atoms with Gasteiger partial charge in [0.05, 0.1) is 12.2 Å². The van der Waals surface area contributed by atoms with E-state index >= 15 is 0 Å². The quantitative estimate of drug-likeness (QED) is 0.654. The Balaban J connectivity index is 2.07. The van der Waals surface area contributed by atoms with E-state index in [-0.39, 0.29) is 37.2 Å². The highest BCUT2D eigenvalue weighted by Crippen LogP contribution is 2.20. The van der Waals surface area contributed by atoms with Crippen LogP contribution in [0.1, 0.15) is 31.9 Å². The number of halogens is 2. The minimum Gasteiger partial charge on any atom is -0.481 e. The van der Waals surface area contributed by atoms with Crippen molar-refractivity contribution in [3.63, 3.8) is 0 Å². The maximum atomic E-state index is 13.4. The molecule has 1 aromatic heterocycles. The summed E-state index contributed by atoms with van der Waals surface area (Å²) >= 11 is 1.19. The summed E-state index contributed by atoms with van der Waals surface area (Å²) in [6.07, 6.45) is 1.32. The van der Waals surface area contributed by atoms with Crippen molar-refractivity contribution in [3.05, 3.63) is 41.7 Å². The molecule has 10 heteroatoms. The normalized spacial score (nSPS) is 11.0. The van der Waals surface area contributed by atoms with E-state index in [2.05, 4.69) is 10.2 Å². The van der Waals surface area contributed by atoms with E-state index in [1.165, 1.54) is 22.7 Å². The fourth-order valence-electron chi connectivity index (χ4n) is 2.29. The minimum absolute atomic E-state index is 0.0132. The number of aromatic nitrogens is 3. The van der Waals surface area contributed by atoms with Gasteiger partial charge in [0.1, 0.15) is 6.33 Å². The summed E-state index contributed by atoms with van der Waals surface area (Å²) in [6.45, 7) is 3.86. The SMILES string of the molecule is CC(C)n1cnnc1SCC(=O)N(CCC(=O)O)Cc1ccc(F)c(F)c1. The number of carboxylic acid groups (broad SMARTS) is 1. The lowest BCUT2D eigenvalue weighted by molar-refractivity contribution is -0.138. The molecule has 1 amide bonds. The Bertz CT molecular complexity index is 813. The first-order valence-electron chi connectivity index (χ1n) is 8.23. The molecule has 0 fully saturated rings. The zero-order valence-electron chi connectivity index (χ0n) is 14.9. The molecule has 1 aromatic carbocycles. The Kier molecular flexibility index (Phi) is 7.28. The van der Waals surface area contributed by atoms with Crippen LogP contribution in [-0.4, -0.2) is 48.9 Å². The van der Waals surface area contributed by atoms with E-state index in [9.17, 15) is 18.4 Å². The second kappa shape index (κ2) is 9.45. The average Bonchev–Trinajstić information content (AvgIpc) is 3.08. The summed E-state index contributed by atoms with van der Waals surface area (Å²) < 4.78 is 28.3. The standard InChI is InChI=1S/C17H20F2N4O3S/c1-11(2)23-10-20-21-17(23)27-9-15(24)22(6-5-16(25)26)8-12-3-4-13(18)14(19)7-12/h3-4,7,10-11H,5-6,8-9H2,1-2H3,(H,25,26). The lowest BCUT2D eigenvalue weighted by Crippen LogP contribution is -2.34. The van der Waals surface area contributed by atoms with Gasteiger partial charge < -0.3 is 14.6 Å². The van der Waals surface area contributed by atoms with E-state index in [4.69, 9.17) is 5.11 Å². The highest BCUT2D eigenvalue weighted by atomic mass is 32.2. The Morgan fingerprint density at radius 1 is 1.30 bits per heavy atom. The Morgan fingerprint density at radius 3 is 2.67 bits per heavy atom. The lowest BCUT2D eigenvalue weighted by Gasteiger charge is -2.22. The number of carbonyl (C=O) groups excluding carboxylic acids is 1. The van der Waals surface area contributed by atoms with Crippen LogP contribution in [0, 0.1) is 11.6 Å². The number of aliphatic carboxylic acids is 1. The van der Waals surface area contributed by atoms with Crippen molar-refractivity contribution in [2.24, 2.45) is 0 Å². The fourth-order valence-corrected chi connectivity index (χ4v) is 3.24. The van der Waals surface area contributed by atoms with Crippen molar-refractivity contribution in [1.29, 1.82) is 0 Å². The molecule has 0 spiro atoms. The topological polar surface area (TPSA) is 88.3 Å². The van der Waals surface area contributed by atoms with Crippen molar-refractivity contribution in [2.45, 2.75) is 38.0 Å². The van der Waals surface area contributed by atoms with Crippen molar-refractivity contribution in [3.8, 4) is 0 Å². The van der Waals surface area contributed by atoms with E-state index in [0.717, 1.165) is 12.1 Å². The van der Waals surface area contributed by atoms with Gasteiger partial charge in [-0.2, -0.15) is 0 Å². The molecular formula is C17H20F2N4O3S. The van der Waals surface area contributed by atoms with Crippen molar-refractivity contribution in [1.82, 2.24) is 19.7 Å². The molecule has 0 unspecified atom stereocenters. The van der Waals surface area contributed by atoms with Crippen LogP contribution in [0.4, 0.5) is 8.78 Å². The van der Waals surface area contributed by atoms with Gasteiger partial charge in [-0.1, -0.05) is 17.8 Å². The molecule has 0 aliphatic heterocycles. The number of hydrogen-bond acceptors (Lipinski definition) is 5. The van der Waals surface area contributed by atoms with E-state index < -0.39 is 17.6 Å². The van der Waals surface area contributed by atoms with Crippen LogP contribution >= 0.6 is 11.8 Å². The number of carbonyl (C=O) groups is 2. The maximum Gasteiger partial charge on any atom is 0.305 e. The van der Waals surface area contributed by atoms with Crippen molar-refractivity contribution >= 4 is 23.6 Å². The van der Waals surface area contributed by atoms with Crippen molar-refractivity contribution < 1.29 is 23.5 Å². The first-order chi connectivity index (χ1) is 12.8. The molecule has 0 aliphatic carbocycles. The third kappa shape index (κ3) is 6.02. The summed E-state index contributed by atoms with van der Waals surface area (Å²) in [4.78, 5) is 24.8. The average molecular weight is 398 g/mol. The predicted molar refractivity (Wildman–Crippen MR) is 95.2 cm³/mol. The molecule has 0 radical (unpaired) electrons. The summed E-state index contributed by atoms with van der Waals surface area (Å²) in [5.41, 5.74) is 0.378. The summed E-state index contributed by atoms with van der Waals surface area (Å²) in [5.74, 6) is -3.35. The van der Waals surface area contributed by atoms with Gasteiger partial charge in [-0.05, 0) is 31.5 Å². The van der Waals surface area contributed by atoms with Crippen LogP contribution in [0.25, 0.3) is 0 Å². The third-order valence-electron chi connectivity index (χ3n) is 3.73. The molecule has 0 atom stereocenters. The molecular weight excluding hydrogens is 378 g/mol. The molecule has 2 rings (SSSR count). The number of nitrogens with zero attached hydrogens (tertiary/aromatic N) is 4. The van der Waals surface area contributed by atoms with Gasteiger partial charge >= 0.3 is 5.97 Å². The molecule has 0 aliphatic rings. The number of rotatable bonds is 9. The fraction of sp³-hybridized carbons (Fsp3) is 0.412. The Morgan fingerprint density at radius 2 is 2.04 bits per heavy atom. The Hall–Kier alpha value is -2.49. The van der Waals surface area contributed by atoms with E-state index in [1.54, 1.807) is 6.33 Å². The van der Waals surface area contributed by atoms with E-state index in [1.807, 2.05) is 18.4 Å². The highest BCUT2D eigenvalue weighted by molar-refractivity contribution is 7.99. The highest BCUT2D eigenvalue weighted by Gasteiger charge is 2.18. The molecule has 7 nitrogen and oxygen atoms in total. The van der Waals surface area contributed by atoms with Crippen LogP contribution < -0.4 is 0 Å². The lowest BCUT2D eigenvalue weighted by atomic mass is 10.2. The van der Waals surface area contributed by atoms with Crippen LogP contribution in [0.2, 0.25) is 0 Å². The summed E-state index contributed by atoms with van der Waals surface area (Å²) in [5, 5.41) is 17.3. The largest absolute Gasteiger partial charge is 0.481 e. The minimum atomic E-state index is -1.05. The van der Waals surface area contributed by atoms with Gasteiger partial charge in [-0.15, -0.1) is 10.2 Å². The molecule has 0 bridgehead atoms. The molecule has 1 heterocycles. The number of thioether (sulfide) groups is 1. The van der Waals surface area contributed by atoms with Crippen LogP contribution in [0.15, 0.2) is 29.7 Å². The molecule has 2 aromatic rings. The van der Waals surface area contributed by atoms with Gasteiger partial charge in [0.25, 0.3) is 0 Å². The molecule has 0 saturated heterocycles. The number of carboxylic acids is 1. The van der Waals surface area contributed by atoms with E-state index in [0.29, 0.717) is 10.7 Å². The second-order valence-electron chi connectivity index (χ2n) is 6.11. The van der Waals surface area contributed by atoms with Gasteiger partial charge in [0.15, 0.2) is 16.8 Å². The predicted octanol–water partition coefficient (Wildman–Crippen LogP) is 2.73. The zero-order chi connectivity index (χ0) is 20.0. The summed E-state index contributed by atoms with van der Waals surface area (Å²) in [6, 6.07) is 3.47. The van der Waals surface area contributed by atoms with Gasteiger partial charge in [-0.25, -0.2) is 8.78 Å². The number of hydrogen-bond donors (Lipinski definition) is 1. The second-order valence-corrected chi connectivity index (χ2v) is 7.05. The first-order valence-corrected chi connectivity index (χ1v) is 9.22. The Labute approximate surface area is 159 Å². The maximum absolute atomic E-state index is 13.4. The van der Waals surface area contributed by atoms with Crippen molar-refractivity contribution in [2.75, 3.05) is 12.3 Å².